The summed E-state index contributed by atoms with van der Waals surface area (Å²) >= 11 is 3.33. The monoisotopic (exact) mass is 280 g/mol. The second-order valence-corrected chi connectivity index (χ2v) is 4.13. The molecule has 0 unspecified atom stereocenters. The third kappa shape index (κ3) is 2.49. The minimum Gasteiger partial charge on any atom is -0.448 e. The molecule has 1 heterocycles. The number of hydrogen-bond acceptors (Lipinski definition) is 3. The summed E-state index contributed by atoms with van der Waals surface area (Å²) in [5.74, 6) is 0.189. The van der Waals surface area contributed by atoms with Crippen LogP contribution in [-0.2, 0) is 0 Å². The van der Waals surface area contributed by atoms with Crippen molar-refractivity contribution in [3.63, 3.8) is 0 Å². The topological polar surface area (TPSA) is 55.1 Å². The van der Waals surface area contributed by atoms with Crippen molar-refractivity contribution in [1.29, 1.82) is 0 Å². The number of amides is 1. The number of nitrogens with zero attached hydrogens (tertiary/aromatic N) is 1. The Morgan fingerprint density at radius 1 is 1.50 bits per heavy atom. The Morgan fingerprint density at radius 3 is 2.94 bits per heavy atom. The number of nitrogens with one attached hydrogen (secondary N) is 1. The molecule has 2 rings (SSSR count). The highest BCUT2D eigenvalue weighted by atomic mass is 79.9. The molecule has 0 spiro atoms. The van der Waals surface area contributed by atoms with Crippen LogP contribution in [0.25, 0.3) is 0 Å². The zero-order valence-electron chi connectivity index (χ0n) is 8.53. The Balaban J connectivity index is 2.13. The summed E-state index contributed by atoms with van der Waals surface area (Å²) in [7, 11) is 0. The van der Waals surface area contributed by atoms with Crippen molar-refractivity contribution in [3.05, 3.63) is 46.6 Å². The molecular formula is C11H9BrN2O2. The number of aryl methyl sites for hydroxylation is 1. The Bertz CT molecular complexity index is 522. The number of halogens is 1. The summed E-state index contributed by atoms with van der Waals surface area (Å²) in [6.45, 7) is 1.69. The van der Waals surface area contributed by atoms with E-state index in [1.807, 2.05) is 18.2 Å². The Labute approximate surface area is 101 Å². The molecule has 0 aliphatic heterocycles. The average molecular weight is 281 g/mol. The standard InChI is InChI=1S/C11H9BrN2O2/c1-7-13-10(6-16-7)11(15)14-9-4-2-3-8(12)5-9/h2-6H,1H3,(H,14,15). The Morgan fingerprint density at radius 2 is 2.31 bits per heavy atom. The minimum atomic E-state index is -0.282. The quantitative estimate of drug-likeness (QED) is 0.920. The first-order chi connectivity index (χ1) is 7.65. The van der Waals surface area contributed by atoms with Crippen LogP contribution in [0.2, 0.25) is 0 Å². The lowest BCUT2D eigenvalue weighted by atomic mass is 10.3. The zero-order valence-corrected chi connectivity index (χ0v) is 10.1. The largest absolute Gasteiger partial charge is 0.448 e. The van der Waals surface area contributed by atoms with E-state index in [9.17, 15) is 4.79 Å². The van der Waals surface area contributed by atoms with Gasteiger partial charge in [0.1, 0.15) is 6.26 Å². The summed E-state index contributed by atoms with van der Waals surface area (Å²) in [6.07, 6.45) is 1.34. The van der Waals surface area contributed by atoms with Crippen LogP contribution in [0.4, 0.5) is 5.69 Å². The molecule has 5 heteroatoms. The number of anilines is 1. The molecule has 1 amide bonds. The average Bonchev–Trinajstić information content (AvgIpc) is 2.65. The minimum absolute atomic E-state index is 0.275. The van der Waals surface area contributed by atoms with Crippen molar-refractivity contribution in [2.45, 2.75) is 6.92 Å². The van der Waals surface area contributed by atoms with Crippen molar-refractivity contribution in [2.75, 3.05) is 5.32 Å². The first-order valence-corrected chi connectivity index (χ1v) is 5.43. The lowest BCUT2D eigenvalue weighted by Crippen LogP contribution is -2.12. The number of rotatable bonds is 2. The van der Waals surface area contributed by atoms with E-state index < -0.39 is 0 Å². The van der Waals surface area contributed by atoms with Gasteiger partial charge in [-0.2, -0.15) is 0 Å². The fourth-order valence-electron chi connectivity index (χ4n) is 1.23. The first kappa shape index (κ1) is 10.9. The maximum atomic E-state index is 11.7. The second-order valence-electron chi connectivity index (χ2n) is 3.22. The third-order valence-corrected chi connectivity index (χ3v) is 2.43. The van der Waals surface area contributed by atoms with Crippen molar-refractivity contribution in [3.8, 4) is 0 Å². The molecule has 1 N–H and O–H groups in total. The van der Waals surface area contributed by atoms with Crippen LogP contribution in [0.5, 0.6) is 0 Å². The van der Waals surface area contributed by atoms with Gasteiger partial charge >= 0.3 is 0 Å². The van der Waals surface area contributed by atoms with Gasteiger partial charge in [0, 0.05) is 17.1 Å². The molecule has 2 aromatic rings. The summed E-state index contributed by atoms with van der Waals surface area (Å²) in [4.78, 5) is 15.6. The molecule has 1 aromatic heterocycles. The van der Waals surface area contributed by atoms with Crippen LogP contribution in [0, 0.1) is 6.92 Å². The molecule has 82 valence electrons. The van der Waals surface area contributed by atoms with Gasteiger partial charge in [-0.1, -0.05) is 22.0 Å². The molecule has 0 aliphatic carbocycles. The number of hydrogen-bond donors (Lipinski definition) is 1. The van der Waals surface area contributed by atoms with Crippen LogP contribution in [-0.4, -0.2) is 10.9 Å². The Kier molecular flexibility index (Phi) is 3.05. The van der Waals surface area contributed by atoms with Gasteiger partial charge in [-0.3, -0.25) is 4.79 Å². The number of carbonyl (C=O) groups excluding carboxylic acids is 1. The summed E-state index contributed by atoms with van der Waals surface area (Å²) < 4.78 is 5.87. The van der Waals surface area contributed by atoms with E-state index in [0.29, 0.717) is 11.6 Å². The van der Waals surface area contributed by atoms with Crippen molar-refractivity contribution in [2.24, 2.45) is 0 Å². The van der Waals surface area contributed by atoms with Gasteiger partial charge in [-0.15, -0.1) is 0 Å². The fraction of sp³-hybridized carbons (Fsp3) is 0.0909. The molecule has 0 aliphatic rings. The van der Waals surface area contributed by atoms with Crippen molar-refractivity contribution in [1.82, 2.24) is 4.98 Å². The Hall–Kier alpha value is -1.62. The maximum absolute atomic E-state index is 11.7. The highest BCUT2D eigenvalue weighted by Gasteiger charge is 2.10. The molecule has 16 heavy (non-hydrogen) atoms. The van der Waals surface area contributed by atoms with Gasteiger partial charge in [0.05, 0.1) is 0 Å². The van der Waals surface area contributed by atoms with Gasteiger partial charge in [0.15, 0.2) is 11.6 Å². The van der Waals surface area contributed by atoms with Crippen LogP contribution in [0.3, 0.4) is 0 Å². The smallest absolute Gasteiger partial charge is 0.277 e. The lowest BCUT2D eigenvalue weighted by molar-refractivity contribution is 0.102. The van der Waals surface area contributed by atoms with Gasteiger partial charge in [-0.25, -0.2) is 4.98 Å². The van der Waals surface area contributed by atoms with Crippen molar-refractivity contribution >= 4 is 27.5 Å². The van der Waals surface area contributed by atoms with E-state index in [4.69, 9.17) is 4.42 Å². The molecule has 1 aromatic carbocycles. The van der Waals surface area contributed by atoms with Crippen LogP contribution >= 0.6 is 15.9 Å². The summed E-state index contributed by atoms with van der Waals surface area (Å²) in [6, 6.07) is 7.34. The van der Waals surface area contributed by atoms with Crippen LogP contribution < -0.4 is 5.32 Å². The molecule has 0 bridgehead atoms. The van der Waals surface area contributed by atoms with Gasteiger partial charge in [-0.05, 0) is 18.2 Å². The second kappa shape index (κ2) is 4.49. The van der Waals surface area contributed by atoms with Crippen molar-refractivity contribution < 1.29 is 9.21 Å². The predicted molar refractivity (Wildman–Crippen MR) is 63.3 cm³/mol. The van der Waals surface area contributed by atoms with E-state index in [0.717, 1.165) is 4.47 Å². The van der Waals surface area contributed by atoms with Crippen LogP contribution in [0.15, 0.2) is 39.4 Å². The normalized spacial score (nSPS) is 10.1. The van der Waals surface area contributed by atoms with Crippen LogP contribution in [0.1, 0.15) is 16.4 Å². The van der Waals surface area contributed by atoms with E-state index >= 15 is 0 Å². The summed E-state index contributed by atoms with van der Waals surface area (Å²) in [5.41, 5.74) is 0.984. The van der Waals surface area contributed by atoms with E-state index in [1.54, 1.807) is 13.0 Å². The number of carbonyl (C=O) groups is 1. The number of aromatic nitrogens is 1. The first-order valence-electron chi connectivity index (χ1n) is 4.64. The molecule has 0 fully saturated rings. The van der Waals surface area contributed by atoms with Gasteiger partial charge < -0.3 is 9.73 Å². The molecular weight excluding hydrogens is 272 g/mol. The highest BCUT2D eigenvalue weighted by Crippen LogP contribution is 2.16. The lowest BCUT2D eigenvalue weighted by Gasteiger charge is -2.02. The zero-order chi connectivity index (χ0) is 11.5. The SMILES string of the molecule is Cc1nc(C(=O)Nc2cccc(Br)c2)co1. The van der Waals surface area contributed by atoms with Gasteiger partial charge in [0.2, 0.25) is 0 Å². The molecule has 0 atom stereocenters. The maximum Gasteiger partial charge on any atom is 0.277 e. The summed E-state index contributed by atoms with van der Waals surface area (Å²) in [5, 5.41) is 2.72. The molecule has 0 saturated heterocycles. The molecule has 0 saturated carbocycles. The third-order valence-electron chi connectivity index (χ3n) is 1.93. The number of benzene rings is 1. The highest BCUT2D eigenvalue weighted by molar-refractivity contribution is 9.10. The van der Waals surface area contributed by atoms with E-state index in [-0.39, 0.29) is 11.6 Å². The number of oxazole rings is 1. The fourth-order valence-corrected chi connectivity index (χ4v) is 1.63. The van der Waals surface area contributed by atoms with E-state index in [1.165, 1.54) is 6.26 Å². The van der Waals surface area contributed by atoms with E-state index in [2.05, 4.69) is 26.2 Å². The molecule has 0 radical (unpaired) electrons. The predicted octanol–water partition coefficient (Wildman–Crippen LogP) is 3.00. The molecule has 4 nitrogen and oxygen atoms in total. The van der Waals surface area contributed by atoms with Gasteiger partial charge in [0.25, 0.3) is 5.91 Å².